The first kappa shape index (κ1) is 22.3. The van der Waals surface area contributed by atoms with Gasteiger partial charge in [-0.2, -0.15) is 13.2 Å². The summed E-state index contributed by atoms with van der Waals surface area (Å²) < 4.78 is 53.1. The topological polar surface area (TPSA) is 86.8 Å². The summed E-state index contributed by atoms with van der Waals surface area (Å²) in [5.74, 6) is -1.18. The molecule has 0 radical (unpaired) electrons. The Bertz CT molecular complexity index is 906. The van der Waals surface area contributed by atoms with Crippen molar-refractivity contribution in [1.82, 2.24) is 4.98 Å². The molecule has 0 saturated heterocycles. The predicted molar refractivity (Wildman–Crippen MR) is 97.3 cm³/mol. The van der Waals surface area contributed by atoms with Crippen molar-refractivity contribution in [3.05, 3.63) is 46.6 Å². The van der Waals surface area contributed by atoms with Crippen LogP contribution in [0.4, 0.5) is 19.0 Å². The van der Waals surface area contributed by atoms with Gasteiger partial charge in [0.1, 0.15) is 0 Å². The van der Waals surface area contributed by atoms with Gasteiger partial charge >= 0.3 is 12.1 Å². The quantitative estimate of drug-likeness (QED) is 0.666. The Hall–Kier alpha value is -3.01. The van der Waals surface area contributed by atoms with Gasteiger partial charge in [0.2, 0.25) is 0 Å². The number of benzene rings is 1. The van der Waals surface area contributed by atoms with Crippen LogP contribution in [0.5, 0.6) is 11.5 Å². The Kier molecular flexibility index (Phi) is 7.27. The van der Waals surface area contributed by atoms with E-state index < -0.39 is 35.2 Å². The number of anilines is 1. The molecule has 0 atom stereocenters. The summed E-state index contributed by atoms with van der Waals surface area (Å²) in [5, 5.41) is 1.77. The molecular weight excluding hydrogens is 417 g/mol. The van der Waals surface area contributed by atoms with Crippen LogP contribution in [0.1, 0.15) is 22.8 Å². The molecule has 2 aromatic rings. The third-order valence-corrected chi connectivity index (χ3v) is 3.75. The third-order valence-electron chi connectivity index (χ3n) is 3.46. The fourth-order valence-corrected chi connectivity index (χ4v) is 2.35. The highest BCUT2D eigenvalue weighted by Crippen LogP contribution is 2.32. The van der Waals surface area contributed by atoms with E-state index in [0.29, 0.717) is 30.4 Å². The third kappa shape index (κ3) is 5.98. The number of carbonyl (C=O) groups is 2. The molecule has 0 unspecified atom stereocenters. The maximum Gasteiger partial charge on any atom is 0.417 e. The Morgan fingerprint density at radius 1 is 1.21 bits per heavy atom. The van der Waals surface area contributed by atoms with Gasteiger partial charge in [-0.05, 0) is 31.2 Å². The summed E-state index contributed by atoms with van der Waals surface area (Å²) in [6.07, 6.45) is -4.09. The molecule has 1 heterocycles. The zero-order valence-electron chi connectivity index (χ0n) is 15.3. The number of amides is 1. The van der Waals surface area contributed by atoms with Crippen molar-refractivity contribution < 1.29 is 37.0 Å². The van der Waals surface area contributed by atoms with Crippen molar-refractivity contribution in [2.24, 2.45) is 0 Å². The molecule has 0 aliphatic carbocycles. The average Bonchev–Trinajstić information content (AvgIpc) is 2.67. The fourth-order valence-electron chi connectivity index (χ4n) is 2.14. The van der Waals surface area contributed by atoms with Gasteiger partial charge in [-0.3, -0.25) is 4.79 Å². The highest BCUT2D eigenvalue weighted by Gasteiger charge is 2.31. The van der Waals surface area contributed by atoms with Crippen LogP contribution in [0.2, 0.25) is 5.02 Å². The van der Waals surface area contributed by atoms with Gasteiger partial charge < -0.3 is 19.5 Å². The van der Waals surface area contributed by atoms with Crippen molar-refractivity contribution >= 4 is 29.3 Å². The van der Waals surface area contributed by atoms with Crippen LogP contribution in [0, 0.1) is 0 Å². The number of halogens is 4. The molecule has 0 bridgehead atoms. The summed E-state index contributed by atoms with van der Waals surface area (Å²) in [7, 11) is 1.40. The molecule has 2 rings (SSSR count). The van der Waals surface area contributed by atoms with Crippen molar-refractivity contribution in [1.29, 1.82) is 0 Å². The molecular formula is C18H16ClF3N2O5. The summed E-state index contributed by atoms with van der Waals surface area (Å²) in [5.41, 5.74) is -0.944. The van der Waals surface area contributed by atoms with E-state index in [2.05, 4.69) is 10.3 Å². The van der Waals surface area contributed by atoms with E-state index in [9.17, 15) is 22.8 Å². The molecule has 11 heteroatoms. The molecule has 156 valence electrons. The van der Waals surface area contributed by atoms with Gasteiger partial charge in [-0.1, -0.05) is 11.6 Å². The first-order valence-corrected chi connectivity index (χ1v) is 8.54. The highest BCUT2D eigenvalue weighted by molar-refractivity contribution is 6.33. The normalized spacial score (nSPS) is 11.0. The first-order chi connectivity index (χ1) is 13.7. The van der Waals surface area contributed by atoms with Gasteiger partial charge in [0.15, 0.2) is 23.9 Å². The van der Waals surface area contributed by atoms with Crippen LogP contribution in [0.15, 0.2) is 30.5 Å². The monoisotopic (exact) mass is 432 g/mol. The number of ether oxygens (including phenoxy) is 3. The minimum atomic E-state index is -4.62. The lowest BCUT2D eigenvalue weighted by atomic mass is 10.2. The SMILES string of the molecule is CCOc1ccc(C(=O)OCC(=O)Nc2ncc(C(F)(F)F)cc2Cl)cc1OC. The second kappa shape index (κ2) is 9.46. The smallest absolute Gasteiger partial charge is 0.417 e. The van der Waals surface area contributed by atoms with E-state index in [4.69, 9.17) is 25.8 Å². The van der Waals surface area contributed by atoms with Crippen molar-refractivity contribution in [3.8, 4) is 11.5 Å². The summed E-state index contributed by atoms with van der Waals surface area (Å²) in [4.78, 5) is 27.5. The lowest BCUT2D eigenvalue weighted by Crippen LogP contribution is -2.22. The Morgan fingerprint density at radius 2 is 1.93 bits per heavy atom. The first-order valence-electron chi connectivity index (χ1n) is 8.16. The Morgan fingerprint density at radius 3 is 2.52 bits per heavy atom. The lowest BCUT2D eigenvalue weighted by Gasteiger charge is -2.11. The van der Waals surface area contributed by atoms with Crippen LogP contribution in [0.25, 0.3) is 0 Å². The summed E-state index contributed by atoms with van der Waals surface area (Å²) in [6.45, 7) is 1.49. The maximum absolute atomic E-state index is 12.6. The largest absolute Gasteiger partial charge is 0.493 e. The number of nitrogens with one attached hydrogen (secondary N) is 1. The number of alkyl halides is 3. The zero-order valence-corrected chi connectivity index (χ0v) is 16.1. The molecule has 0 fully saturated rings. The summed E-state index contributed by atoms with van der Waals surface area (Å²) >= 11 is 5.70. The van der Waals surface area contributed by atoms with Crippen molar-refractivity contribution in [2.45, 2.75) is 13.1 Å². The van der Waals surface area contributed by atoms with Crippen LogP contribution in [-0.4, -0.2) is 37.2 Å². The highest BCUT2D eigenvalue weighted by atomic mass is 35.5. The minimum absolute atomic E-state index is 0.115. The number of hydrogen-bond acceptors (Lipinski definition) is 6. The van der Waals surface area contributed by atoms with Crippen molar-refractivity contribution in [3.63, 3.8) is 0 Å². The van der Waals surface area contributed by atoms with E-state index in [-0.39, 0.29) is 11.4 Å². The number of esters is 1. The molecule has 0 aliphatic rings. The van der Waals surface area contributed by atoms with Gasteiger partial charge in [-0.15, -0.1) is 0 Å². The second-order valence-corrected chi connectivity index (χ2v) is 5.88. The zero-order chi connectivity index (χ0) is 21.6. The number of hydrogen-bond donors (Lipinski definition) is 1. The number of methoxy groups -OCH3 is 1. The predicted octanol–water partition coefficient (Wildman–Crippen LogP) is 3.96. The Labute approximate surface area is 168 Å². The summed E-state index contributed by atoms with van der Waals surface area (Å²) in [6, 6.07) is 4.97. The van der Waals surface area contributed by atoms with Crippen LogP contribution >= 0.6 is 11.6 Å². The van der Waals surface area contributed by atoms with Gasteiger partial charge in [0, 0.05) is 6.20 Å². The van der Waals surface area contributed by atoms with E-state index in [1.807, 2.05) is 0 Å². The van der Waals surface area contributed by atoms with E-state index >= 15 is 0 Å². The average molecular weight is 433 g/mol. The number of rotatable bonds is 7. The molecule has 7 nitrogen and oxygen atoms in total. The number of pyridine rings is 1. The molecule has 0 spiro atoms. The molecule has 29 heavy (non-hydrogen) atoms. The van der Waals surface area contributed by atoms with E-state index in [0.717, 1.165) is 0 Å². The molecule has 1 aromatic carbocycles. The molecule has 1 amide bonds. The van der Waals surface area contributed by atoms with Gasteiger partial charge in [-0.25, -0.2) is 9.78 Å². The minimum Gasteiger partial charge on any atom is -0.493 e. The second-order valence-electron chi connectivity index (χ2n) is 5.48. The van der Waals surface area contributed by atoms with E-state index in [1.165, 1.54) is 25.3 Å². The van der Waals surface area contributed by atoms with E-state index in [1.54, 1.807) is 6.92 Å². The molecule has 1 aromatic heterocycles. The molecule has 0 aliphatic heterocycles. The standard InChI is InChI=1S/C18H16ClF3N2O5/c1-3-28-13-5-4-10(6-14(13)27-2)17(26)29-9-15(25)24-16-12(19)7-11(8-23-16)18(20,21)22/h4-8H,3,9H2,1-2H3,(H,23,24,25). The fraction of sp³-hybridized carbons (Fsp3) is 0.278. The maximum atomic E-state index is 12.6. The number of aromatic nitrogens is 1. The molecule has 1 N–H and O–H groups in total. The van der Waals surface area contributed by atoms with Crippen LogP contribution in [-0.2, 0) is 15.7 Å². The molecule has 0 saturated carbocycles. The van der Waals surface area contributed by atoms with Gasteiger partial charge in [0.05, 0.1) is 29.9 Å². The van der Waals surface area contributed by atoms with Gasteiger partial charge in [0.25, 0.3) is 5.91 Å². The Balaban J connectivity index is 1.98. The van der Waals surface area contributed by atoms with Crippen LogP contribution in [0.3, 0.4) is 0 Å². The number of nitrogens with zero attached hydrogens (tertiary/aromatic N) is 1. The number of carbonyl (C=O) groups excluding carboxylic acids is 2. The van der Waals surface area contributed by atoms with Crippen molar-refractivity contribution in [2.75, 3.05) is 25.6 Å². The van der Waals surface area contributed by atoms with Crippen LogP contribution < -0.4 is 14.8 Å². The lowest BCUT2D eigenvalue weighted by molar-refractivity contribution is -0.137.